The fourth-order valence-corrected chi connectivity index (χ4v) is 5.70. The number of hydrogen-bond acceptors (Lipinski definition) is 3. The van der Waals surface area contributed by atoms with Crippen LogP contribution in [0.3, 0.4) is 0 Å². The molecule has 0 amide bonds. The summed E-state index contributed by atoms with van der Waals surface area (Å²) in [5.41, 5.74) is 4.10. The summed E-state index contributed by atoms with van der Waals surface area (Å²) >= 11 is 0. The molecular weight excluding hydrogens is 408 g/mol. The fraction of sp³-hybridized carbons (Fsp3) is 0.607. The molecule has 5 heteroatoms. The van der Waals surface area contributed by atoms with Crippen molar-refractivity contribution in [1.29, 1.82) is 0 Å². The number of nitrogens with one attached hydrogen (secondary N) is 1. The lowest BCUT2D eigenvalue weighted by Gasteiger charge is -2.32. The van der Waals surface area contributed by atoms with E-state index in [0.717, 1.165) is 18.6 Å². The van der Waals surface area contributed by atoms with Gasteiger partial charge in [0.1, 0.15) is 5.75 Å². The monoisotopic (exact) mass is 448 g/mol. The summed E-state index contributed by atoms with van der Waals surface area (Å²) in [6, 6.07) is 7.15. The Kier molecular flexibility index (Phi) is 7.05. The van der Waals surface area contributed by atoms with Crippen LogP contribution in [-0.4, -0.2) is 45.4 Å². The molecule has 1 aromatic carbocycles. The molecular formula is C28H40N4O. The summed E-state index contributed by atoms with van der Waals surface area (Å²) in [4.78, 5) is 6.15. The SMILES string of the molecule is CCC(C)Oc1ccc2[nH]cc(C3CCN(CCCc4cnn(C5CCCC5)c4)CC3)c2c1. The van der Waals surface area contributed by atoms with Crippen molar-refractivity contribution >= 4 is 10.9 Å². The first-order valence-corrected chi connectivity index (χ1v) is 13.2. The number of fused-ring (bicyclic) bond motifs is 1. The van der Waals surface area contributed by atoms with Gasteiger partial charge in [0, 0.05) is 23.3 Å². The minimum absolute atomic E-state index is 0.255. The van der Waals surface area contributed by atoms with E-state index in [4.69, 9.17) is 4.74 Å². The van der Waals surface area contributed by atoms with E-state index in [0.29, 0.717) is 12.0 Å². The number of piperidine rings is 1. The average molecular weight is 449 g/mol. The number of H-pyrrole nitrogens is 1. The van der Waals surface area contributed by atoms with Gasteiger partial charge in [0.05, 0.1) is 18.3 Å². The van der Waals surface area contributed by atoms with E-state index in [1.807, 2.05) is 0 Å². The Morgan fingerprint density at radius 1 is 1.15 bits per heavy atom. The van der Waals surface area contributed by atoms with E-state index < -0.39 is 0 Å². The van der Waals surface area contributed by atoms with Crippen molar-refractivity contribution in [3.8, 4) is 5.75 Å². The molecule has 178 valence electrons. The van der Waals surface area contributed by atoms with Crippen LogP contribution in [0.1, 0.15) is 88.3 Å². The van der Waals surface area contributed by atoms with Crippen LogP contribution < -0.4 is 4.74 Å². The Balaban J connectivity index is 1.11. The largest absolute Gasteiger partial charge is 0.491 e. The Bertz CT molecular complexity index is 1020. The maximum atomic E-state index is 6.08. The number of aromatic nitrogens is 3. The molecule has 0 spiro atoms. The van der Waals surface area contributed by atoms with Crippen LogP contribution in [0.25, 0.3) is 10.9 Å². The van der Waals surface area contributed by atoms with Gasteiger partial charge in [0.15, 0.2) is 0 Å². The van der Waals surface area contributed by atoms with Crippen LogP contribution in [0.5, 0.6) is 5.75 Å². The van der Waals surface area contributed by atoms with E-state index in [1.165, 1.54) is 86.6 Å². The lowest BCUT2D eigenvalue weighted by molar-refractivity contribution is 0.210. The summed E-state index contributed by atoms with van der Waals surface area (Å²) in [6.45, 7) is 7.90. The number of rotatable bonds is 9. The minimum atomic E-state index is 0.255. The molecule has 1 atom stereocenters. The van der Waals surface area contributed by atoms with Crippen molar-refractivity contribution < 1.29 is 4.74 Å². The topological polar surface area (TPSA) is 46.1 Å². The first-order chi connectivity index (χ1) is 16.2. The van der Waals surface area contributed by atoms with Crippen LogP contribution in [0.2, 0.25) is 0 Å². The second-order valence-electron chi connectivity index (χ2n) is 10.3. The summed E-state index contributed by atoms with van der Waals surface area (Å²) in [5, 5.41) is 5.99. The second-order valence-corrected chi connectivity index (χ2v) is 10.3. The molecule has 1 aliphatic heterocycles. The van der Waals surface area contributed by atoms with Gasteiger partial charge in [-0.25, -0.2) is 0 Å². The summed E-state index contributed by atoms with van der Waals surface area (Å²) in [5.74, 6) is 1.63. The average Bonchev–Trinajstić information content (AvgIpc) is 3.60. The number of nitrogens with zero attached hydrogens (tertiary/aromatic N) is 3. The highest BCUT2D eigenvalue weighted by atomic mass is 16.5. The highest BCUT2D eigenvalue weighted by molar-refractivity contribution is 5.85. The minimum Gasteiger partial charge on any atom is -0.491 e. The predicted molar refractivity (Wildman–Crippen MR) is 135 cm³/mol. The van der Waals surface area contributed by atoms with E-state index in [2.05, 4.69) is 70.3 Å². The fourth-order valence-electron chi connectivity index (χ4n) is 5.70. The normalized spacial score (nSPS) is 19.5. The lowest BCUT2D eigenvalue weighted by Crippen LogP contribution is -2.33. The van der Waals surface area contributed by atoms with Crippen LogP contribution in [-0.2, 0) is 6.42 Å². The van der Waals surface area contributed by atoms with Gasteiger partial charge < -0.3 is 14.6 Å². The van der Waals surface area contributed by atoms with Crippen LogP contribution in [0.4, 0.5) is 0 Å². The van der Waals surface area contributed by atoms with E-state index in [-0.39, 0.29) is 6.10 Å². The van der Waals surface area contributed by atoms with Gasteiger partial charge in [-0.2, -0.15) is 5.10 Å². The van der Waals surface area contributed by atoms with Crippen LogP contribution in [0.15, 0.2) is 36.8 Å². The molecule has 3 aromatic rings. The van der Waals surface area contributed by atoms with Gasteiger partial charge in [-0.15, -0.1) is 0 Å². The number of aryl methyl sites for hydroxylation is 1. The van der Waals surface area contributed by atoms with E-state index >= 15 is 0 Å². The van der Waals surface area contributed by atoms with Gasteiger partial charge >= 0.3 is 0 Å². The van der Waals surface area contributed by atoms with Crippen molar-refractivity contribution in [1.82, 2.24) is 19.7 Å². The highest BCUT2D eigenvalue weighted by Crippen LogP contribution is 2.35. The number of hydrogen-bond donors (Lipinski definition) is 1. The molecule has 2 aromatic heterocycles. The first-order valence-electron chi connectivity index (χ1n) is 13.2. The Labute approximate surface area is 198 Å². The zero-order valence-electron chi connectivity index (χ0n) is 20.4. The summed E-state index contributed by atoms with van der Waals surface area (Å²) in [6.07, 6.45) is 18.1. The number of aromatic amines is 1. The van der Waals surface area contributed by atoms with Gasteiger partial charge in [-0.3, -0.25) is 4.68 Å². The maximum absolute atomic E-state index is 6.08. The molecule has 1 aliphatic carbocycles. The van der Waals surface area contributed by atoms with Crippen molar-refractivity contribution in [2.24, 2.45) is 0 Å². The molecule has 5 nitrogen and oxygen atoms in total. The standard InChI is InChI=1S/C28H40N4O/c1-3-21(2)33-25-10-11-28-26(17-25)27(19-29-28)23-12-15-31(16-13-23)14-6-7-22-18-30-32(20-22)24-8-4-5-9-24/h10-11,17-21,23-24,29H,3-9,12-16H2,1-2H3. The third-order valence-corrected chi connectivity index (χ3v) is 7.92. The number of benzene rings is 1. The Morgan fingerprint density at radius 2 is 1.97 bits per heavy atom. The number of likely N-dealkylation sites (tertiary alicyclic amines) is 1. The van der Waals surface area contributed by atoms with Crippen molar-refractivity contribution in [3.05, 3.63) is 47.9 Å². The van der Waals surface area contributed by atoms with Gasteiger partial charge in [0.2, 0.25) is 0 Å². The van der Waals surface area contributed by atoms with Crippen molar-refractivity contribution in [2.75, 3.05) is 19.6 Å². The molecule has 33 heavy (non-hydrogen) atoms. The third kappa shape index (κ3) is 5.29. The van der Waals surface area contributed by atoms with Crippen LogP contribution >= 0.6 is 0 Å². The molecule has 0 bridgehead atoms. The van der Waals surface area contributed by atoms with E-state index in [9.17, 15) is 0 Å². The zero-order chi connectivity index (χ0) is 22.6. The lowest BCUT2D eigenvalue weighted by atomic mass is 9.89. The molecule has 1 saturated carbocycles. The molecule has 1 saturated heterocycles. The molecule has 3 heterocycles. The van der Waals surface area contributed by atoms with Crippen LogP contribution in [0, 0.1) is 0 Å². The smallest absolute Gasteiger partial charge is 0.120 e. The summed E-state index contributed by atoms with van der Waals surface area (Å²) < 4.78 is 8.31. The maximum Gasteiger partial charge on any atom is 0.120 e. The first kappa shape index (κ1) is 22.5. The molecule has 1 N–H and O–H groups in total. The Morgan fingerprint density at radius 3 is 2.76 bits per heavy atom. The predicted octanol–water partition coefficient (Wildman–Crippen LogP) is 6.47. The molecule has 5 rings (SSSR count). The van der Waals surface area contributed by atoms with Crippen molar-refractivity contribution in [3.63, 3.8) is 0 Å². The summed E-state index contributed by atoms with van der Waals surface area (Å²) in [7, 11) is 0. The highest BCUT2D eigenvalue weighted by Gasteiger charge is 2.23. The van der Waals surface area contributed by atoms with Gasteiger partial charge in [-0.1, -0.05) is 19.8 Å². The van der Waals surface area contributed by atoms with Gasteiger partial charge in [-0.05, 0) is 107 Å². The second kappa shape index (κ2) is 10.3. The number of ether oxygens (including phenoxy) is 1. The molecule has 1 unspecified atom stereocenters. The van der Waals surface area contributed by atoms with Crippen molar-refractivity contribution in [2.45, 2.75) is 89.7 Å². The quantitative estimate of drug-likeness (QED) is 0.408. The molecule has 0 radical (unpaired) electrons. The van der Waals surface area contributed by atoms with E-state index in [1.54, 1.807) is 0 Å². The molecule has 2 fully saturated rings. The molecule has 2 aliphatic rings. The zero-order valence-corrected chi connectivity index (χ0v) is 20.4. The third-order valence-electron chi connectivity index (χ3n) is 7.92. The Hall–Kier alpha value is -2.27. The van der Waals surface area contributed by atoms with Gasteiger partial charge in [0.25, 0.3) is 0 Å².